The molecule has 156 valence electrons. The summed E-state index contributed by atoms with van der Waals surface area (Å²) in [4.78, 5) is 11.3. The largest absolute Gasteiger partial charge is 0.493 e. The van der Waals surface area contributed by atoms with E-state index in [1.807, 2.05) is 36.4 Å². The van der Waals surface area contributed by atoms with Gasteiger partial charge in [0.1, 0.15) is 24.4 Å². The third-order valence-electron chi connectivity index (χ3n) is 5.64. The summed E-state index contributed by atoms with van der Waals surface area (Å²) in [5.74, 6) is 0.429. The van der Waals surface area contributed by atoms with E-state index in [9.17, 15) is 9.90 Å². The van der Waals surface area contributed by atoms with E-state index in [1.54, 1.807) is 6.07 Å². The first-order chi connectivity index (χ1) is 14.4. The number of carboxylic acids is 1. The Morgan fingerprint density at radius 3 is 2.70 bits per heavy atom. The molecule has 0 bridgehead atoms. The standard InChI is InChI=1S/C24H25NO5/c1-24(2)10-12-28-22-8-3-16(13-20(22)24)15-29-18-6-4-17(5-7-18)19(14-23(26)27)21-9-11-30-25-21/h3-9,11,13,19H,10,12,14-15H2,1-2H3,(H,26,27)/t19-/m0/s1. The highest BCUT2D eigenvalue weighted by Gasteiger charge is 2.28. The van der Waals surface area contributed by atoms with Crippen molar-refractivity contribution in [3.63, 3.8) is 0 Å². The minimum Gasteiger partial charge on any atom is -0.493 e. The van der Waals surface area contributed by atoms with Gasteiger partial charge in [0.15, 0.2) is 0 Å². The highest BCUT2D eigenvalue weighted by atomic mass is 16.5. The van der Waals surface area contributed by atoms with Gasteiger partial charge in [0.05, 0.1) is 18.7 Å². The molecule has 2 heterocycles. The second-order valence-corrected chi connectivity index (χ2v) is 8.25. The predicted molar refractivity (Wildman–Crippen MR) is 111 cm³/mol. The number of carbonyl (C=O) groups is 1. The van der Waals surface area contributed by atoms with Crippen LogP contribution in [-0.4, -0.2) is 22.8 Å². The third-order valence-corrected chi connectivity index (χ3v) is 5.64. The Morgan fingerprint density at radius 1 is 1.20 bits per heavy atom. The van der Waals surface area contributed by atoms with Crippen molar-refractivity contribution in [2.24, 2.45) is 0 Å². The van der Waals surface area contributed by atoms with Gasteiger partial charge in [-0.15, -0.1) is 0 Å². The van der Waals surface area contributed by atoms with E-state index in [0.717, 1.165) is 35.7 Å². The summed E-state index contributed by atoms with van der Waals surface area (Å²) in [7, 11) is 0. The maximum atomic E-state index is 11.3. The van der Waals surface area contributed by atoms with Gasteiger partial charge < -0.3 is 19.1 Å². The van der Waals surface area contributed by atoms with Crippen LogP contribution in [0.5, 0.6) is 11.5 Å². The lowest BCUT2D eigenvalue weighted by Gasteiger charge is -2.32. The molecule has 0 fully saturated rings. The summed E-state index contributed by atoms with van der Waals surface area (Å²) in [6.07, 6.45) is 2.39. The van der Waals surface area contributed by atoms with Gasteiger partial charge in [-0.25, -0.2) is 0 Å². The summed E-state index contributed by atoms with van der Waals surface area (Å²) in [5, 5.41) is 13.1. The van der Waals surface area contributed by atoms with Crippen molar-refractivity contribution in [1.82, 2.24) is 5.16 Å². The molecule has 1 aliphatic rings. The topological polar surface area (TPSA) is 81.8 Å². The number of nitrogens with zero attached hydrogens (tertiary/aromatic N) is 1. The van der Waals surface area contributed by atoms with Gasteiger partial charge in [-0.3, -0.25) is 4.79 Å². The van der Waals surface area contributed by atoms with Crippen molar-refractivity contribution in [1.29, 1.82) is 0 Å². The van der Waals surface area contributed by atoms with Crippen LogP contribution in [0.4, 0.5) is 0 Å². The van der Waals surface area contributed by atoms with Gasteiger partial charge in [-0.1, -0.05) is 37.2 Å². The predicted octanol–water partition coefficient (Wildman–Crippen LogP) is 4.92. The van der Waals surface area contributed by atoms with Crippen LogP contribution in [-0.2, 0) is 16.8 Å². The number of hydrogen-bond donors (Lipinski definition) is 1. The van der Waals surface area contributed by atoms with Crippen molar-refractivity contribution in [2.75, 3.05) is 6.61 Å². The molecule has 0 amide bonds. The molecule has 1 N–H and O–H groups in total. The summed E-state index contributed by atoms with van der Waals surface area (Å²) in [6, 6.07) is 15.4. The van der Waals surface area contributed by atoms with E-state index in [-0.39, 0.29) is 17.8 Å². The molecule has 6 nitrogen and oxygen atoms in total. The average molecular weight is 407 g/mol. The summed E-state index contributed by atoms with van der Waals surface area (Å²) < 4.78 is 16.6. The van der Waals surface area contributed by atoms with E-state index < -0.39 is 5.97 Å². The van der Waals surface area contributed by atoms with Crippen molar-refractivity contribution in [2.45, 2.75) is 44.6 Å². The van der Waals surface area contributed by atoms with Gasteiger partial charge in [-0.2, -0.15) is 0 Å². The maximum absolute atomic E-state index is 11.3. The number of aromatic nitrogens is 1. The Morgan fingerprint density at radius 2 is 2.00 bits per heavy atom. The molecule has 4 rings (SSSR count). The molecule has 0 saturated heterocycles. The SMILES string of the molecule is CC1(C)CCOc2ccc(COc3ccc([C@H](CC(=O)O)c4ccon4)cc3)cc21. The Labute approximate surface area is 175 Å². The number of benzene rings is 2. The Bertz CT molecular complexity index is 1010. The lowest BCUT2D eigenvalue weighted by molar-refractivity contribution is -0.137. The van der Waals surface area contributed by atoms with Crippen LogP contribution in [0.2, 0.25) is 0 Å². The highest BCUT2D eigenvalue weighted by molar-refractivity contribution is 5.68. The fourth-order valence-electron chi connectivity index (χ4n) is 3.80. The van der Waals surface area contributed by atoms with E-state index in [1.165, 1.54) is 11.8 Å². The molecule has 0 unspecified atom stereocenters. The van der Waals surface area contributed by atoms with Crippen LogP contribution in [0.1, 0.15) is 55.0 Å². The molecule has 0 radical (unpaired) electrons. The minimum absolute atomic E-state index is 0.0558. The molecular weight excluding hydrogens is 382 g/mol. The van der Waals surface area contributed by atoms with Crippen molar-refractivity contribution in [3.8, 4) is 11.5 Å². The second-order valence-electron chi connectivity index (χ2n) is 8.25. The zero-order valence-corrected chi connectivity index (χ0v) is 17.1. The van der Waals surface area contributed by atoms with Crippen LogP contribution in [0.15, 0.2) is 59.3 Å². The van der Waals surface area contributed by atoms with Gasteiger partial charge in [0.2, 0.25) is 0 Å². The lowest BCUT2D eigenvalue weighted by Crippen LogP contribution is -2.26. The normalized spacial score (nSPS) is 15.7. The molecule has 0 aliphatic carbocycles. The molecule has 0 saturated carbocycles. The average Bonchev–Trinajstić information content (AvgIpc) is 3.25. The minimum atomic E-state index is -0.886. The molecule has 0 spiro atoms. The number of ether oxygens (including phenoxy) is 2. The third kappa shape index (κ3) is 4.32. The molecule has 2 aromatic carbocycles. The first-order valence-electron chi connectivity index (χ1n) is 10.0. The maximum Gasteiger partial charge on any atom is 0.304 e. The first kappa shape index (κ1) is 20.0. The van der Waals surface area contributed by atoms with Crippen LogP contribution >= 0.6 is 0 Å². The number of fused-ring (bicyclic) bond motifs is 1. The van der Waals surface area contributed by atoms with Crippen molar-refractivity contribution >= 4 is 5.97 Å². The van der Waals surface area contributed by atoms with E-state index in [0.29, 0.717) is 12.3 Å². The van der Waals surface area contributed by atoms with Crippen LogP contribution in [0, 0.1) is 0 Å². The zero-order chi connectivity index (χ0) is 21.1. The van der Waals surface area contributed by atoms with Crippen LogP contribution < -0.4 is 9.47 Å². The van der Waals surface area contributed by atoms with Gasteiger partial charge in [-0.05, 0) is 47.2 Å². The second kappa shape index (κ2) is 8.22. The molecular formula is C24H25NO5. The smallest absolute Gasteiger partial charge is 0.304 e. The summed E-state index contributed by atoms with van der Waals surface area (Å²) in [6.45, 7) is 5.67. The number of aliphatic carboxylic acids is 1. The molecule has 3 aromatic rings. The molecule has 1 aliphatic heterocycles. The monoisotopic (exact) mass is 407 g/mol. The Kier molecular flexibility index (Phi) is 5.48. The first-order valence-corrected chi connectivity index (χ1v) is 10.0. The summed E-state index contributed by atoms with van der Waals surface area (Å²) in [5.41, 5.74) is 3.85. The van der Waals surface area contributed by atoms with E-state index in [2.05, 4.69) is 25.1 Å². The van der Waals surface area contributed by atoms with Crippen molar-refractivity contribution in [3.05, 3.63) is 77.2 Å². The molecule has 1 aromatic heterocycles. The fourth-order valence-corrected chi connectivity index (χ4v) is 3.80. The molecule has 6 heteroatoms. The Balaban J connectivity index is 1.46. The highest BCUT2D eigenvalue weighted by Crippen LogP contribution is 2.38. The molecule has 1 atom stereocenters. The quantitative estimate of drug-likeness (QED) is 0.599. The number of hydrogen-bond acceptors (Lipinski definition) is 5. The Hall–Kier alpha value is -3.28. The molecule has 30 heavy (non-hydrogen) atoms. The number of carboxylic acid groups (broad SMARTS) is 1. The van der Waals surface area contributed by atoms with Gasteiger partial charge >= 0.3 is 5.97 Å². The fraction of sp³-hybridized carbons (Fsp3) is 0.333. The van der Waals surface area contributed by atoms with Crippen molar-refractivity contribution < 1.29 is 23.9 Å². The zero-order valence-electron chi connectivity index (χ0n) is 17.1. The number of rotatable bonds is 7. The summed E-state index contributed by atoms with van der Waals surface area (Å²) >= 11 is 0. The van der Waals surface area contributed by atoms with Gasteiger partial charge in [0, 0.05) is 17.5 Å². The van der Waals surface area contributed by atoms with E-state index >= 15 is 0 Å². The van der Waals surface area contributed by atoms with Crippen LogP contribution in [0.3, 0.4) is 0 Å². The van der Waals surface area contributed by atoms with Crippen LogP contribution in [0.25, 0.3) is 0 Å². The van der Waals surface area contributed by atoms with E-state index in [4.69, 9.17) is 14.0 Å². The van der Waals surface area contributed by atoms with Gasteiger partial charge in [0.25, 0.3) is 0 Å². The lowest BCUT2D eigenvalue weighted by atomic mass is 9.79.